The average molecular weight is 226 g/mol. The van der Waals surface area contributed by atoms with Crippen LogP contribution in [0.3, 0.4) is 0 Å². The van der Waals surface area contributed by atoms with Crippen molar-refractivity contribution in [2.75, 3.05) is 7.11 Å². The first-order valence-corrected chi connectivity index (χ1v) is 6.32. The van der Waals surface area contributed by atoms with Crippen LogP contribution < -0.4 is 5.73 Å². The molecule has 2 N–H and O–H groups in total. The quantitative estimate of drug-likeness (QED) is 0.861. The number of ether oxygens (including phenoxy) is 1. The first-order valence-electron chi connectivity index (χ1n) is 5.44. The minimum Gasteiger partial charge on any atom is -0.371 e. The normalized spacial score (nSPS) is 21.8. The predicted octanol–water partition coefficient (Wildman–Crippen LogP) is 2.58. The van der Waals surface area contributed by atoms with Crippen LogP contribution in [0.5, 0.6) is 0 Å². The molecule has 2 rings (SSSR count). The first-order chi connectivity index (χ1) is 7.18. The van der Waals surface area contributed by atoms with Gasteiger partial charge >= 0.3 is 0 Å². The maximum atomic E-state index is 5.81. The highest BCUT2D eigenvalue weighted by Crippen LogP contribution is 2.43. The van der Waals surface area contributed by atoms with Gasteiger partial charge in [0.05, 0.1) is 5.69 Å². The number of nitrogens with zero attached hydrogens (tertiary/aromatic N) is 1. The zero-order valence-corrected chi connectivity index (χ0v) is 10.1. The van der Waals surface area contributed by atoms with E-state index in [0.717, 1.165) is 23.5 Å². The summed E-state index contributed by atoms with van der Waals surface area (Å²) in [6.07, 6.45) is 4.66. The highest BCUT2D eigenvalue weighted by Gasteiger charge is 2.38. The number of hydrogen-bond acceptors (Lipinski definition) is 4. The lowest BCUT2D eigenvalue weighted by molar-refractivity contribution is -0.00898. The molecule has 4 heteroatoms. The van der Waals surface area contributed by atoms with Gasteiger partial charge in [-0.05, 0) is 19.8 Å². The Morgan fingerprint density at radius 1 is 1.53 bits per heavy atom. The lowest BCUT2D eigenvalue weighted by atomic mass is 10.0. The Morgan fingerprint density at radius 3 is 2.67 bits per heavy atom. The van der Waals surface area contributed by atoms with Crippen molar-refractivity contribution in [2.45, 2.75) is 44.2 Å². The van der Waals surface area contributed by atoms with Crippen molar-refractivity contribution in [1.82, 2.24) is 4.98 Å². The highest BCUT2D eigenvalue weighted by atomic mass is 32.1. The molecule has 0 amide bonds. The molecule has 0 aromatic carbocycles. The lowest BCUT2D eigenvalue weighted by Gasteiger charge is -2.24. The van der Waals surface area contributed by atoms with Crippen LogP contribution in [0.25, 0.3) is 0 Å². The van der Waals surface area contributed by atoms with E-state index in [0.29, 0.717) is 0 Å². The summed E-state index contributed by atoms with van der Waals surface area (Å²) in [5.74, 6) is 0. The Labute approximate surface area is 94.7 Å². The smallest absolute Gasteiger partial charge is 0.125 e. The van der Waals surface area contributed by atoms with Gasteiger partial charge in [-0.3, -0.25) is 0 Å². The van der Waals surface area contributed by atoms with Gasteiger partial charge in [0.1, 0.15) is 10.6 Å². The summed E-state index contributed by atoms with van der Waals surface area (Å²) >= 11 is 1.68. The topological polar surface area (TPSA) is 48.1 Å². The molecule has 15 heavy (non-hydrogen) atoms. The number of aromatic nitrogens is 1. The van der Waals surface area contributed by atoms with Crippen LogP contribution in [0.15, 0.2) is 5.38 Å². The van der Waals surface area contributed by atoms with E-state index in [1.165, 1.54) is 12.8 Å². The highest BCUT2D eigenvalue weighted by molar-refractivity contribution is 7.09. The molecule has 1 unspecified atom stereocenters. The Kier molecular flexibility index (Phi) is 3.09. The van der Waals surface area contributed by atoms with Crippen molar-refractivity contribution in [3.63, 3.8) is 0 Å². The second kappa shape index (κ2) is 4.20. The summed E-state index contributed by atoms with van der Waals surface area (Å²) in [6, 6.07) is 0.0188. The van der Waals surface area contributed by atoms with Gasteiger partial charge in [0.25, 0.3) is 0 Å². The van der Waals surface area contributed by atoms with Crippen LogP contribution >= 0.6 is 11.3 Å². The number of methoxy groups -OCH3 is 1. The fourth-order valence-corrected chi connectivity index (χ4v) is 3.32. The molecule has 0 spiro atoms. The number of thiazole rings is 1. The molecule has 1 atom stereocenters. The van der Waals surface area contributed by atoms with Gasteiger partial charge in [0.15, 0.2) is 0 Å². The molecule has 0 aliphatic heterocycles. The molecule has 1 aromatic rings. The van der Waals surface area contributed by atoms with Gasteiger partial charge in [-0.25, -0.2) is 4.98 Å². The Bertz CT molecular complexity index is 329. The minimum absolute atomic E-state index is 0.0188. The largest absolute Gasteiger partial charge is 0.371 e. The van der Waals surface area contributed by atoms with Crippen LogP contribution in [0.1, 0.15) is 49.4 Å². The molecule has 3 nitrogen and oxygen atoms in total. The van der Waals surface area contributed by atoms with E-state index in [9.17, 15) is 0 Å². The third-order valence-electron chi connectivity index (χ3n) is 3.18. The molecule has 1 saturated carbocycles. The van der Waals surface area contributed by atoms with Gasteiger partial charge in [-0.15, -0.1) is 11.3 Å². The lowest BCUT2D eigenvalue weighted by Crippen LogP contribution is -2.24. The predicted molar refractivity (Wildman–Crippen MR) is 61.9 cm³/mol. The second-order valence-electron chi connectivity index (χ2n) is 4.27. The third-order valence-corrected chi connectivity index (χ3v) is 4.23. The summed E-state index contributed by atoms with van der Waals surface area (Å²) in [4.78, 5) is 4.60. The monoisotopic (exact) mass is 226 g/mol. The molecule has 1 aromatic heterocycles. The van der Waals surface area contributed by atoms with Gasteiger partial charge in [-0.1, -0.05) is 12.8 Å². The van der Waals surface area contributed by atoms with Crippen LogP contribution in [0, 0.1) is 0 Å². The molecule has 1 fully saturated rings. The molecular weight excluding hydrogens is 208 g/mol. The zero-order chi connectivity index (χ0) is 10.9. The summed E-state index contributed by atoms with van der Waals surface area (Å²) in [6.45, 7) is 1.97. The molecule has 0 radical (unpaired) electrons. The van der Waals surface area contributed by atoms with Gasteiger partial charge in [-0.2, -0.15) is 0 Å². The standard InChI is InChI=1S/C11H18N2OS/c1-8(12)9-7-15-10(13-9)11(14-2)5-3-4-6-11/h7-8H,3-6,12H2,1-2H3. The fraction of sp³-hybridized carbons (Fsp3) is 0.727. The van der Waals surface area contributed by atoms with E-state index in [2.05, 4.69) is 10.4 Å². The van der Waals surface area contributed by atoms with E-state index < -0.39 is 0 Å². The first kappa shape index (κ1) is 11.0. The number of hydrogen-bond donors (Lipinski definition) is 1. The van der Waals surface area contributed by atoms with Gasteiger partial charge < -0.3 is 10.5 Å². The molecule has 84 valence electrons. The van der Waals surface area contributed by atoms with Crippen LogP contribution in [-0.4, -0.2) is 12.1 Å². The molecular formula is C11H18N2OS. The minimum atomic E-state index is -0.113. The summed E-state index contributed by atoms with van der Waals surface area (Å²) < 4.78 is 5.68. The summed E-state index contributed by atoms with van der Waals surface area (Å²) in [5.41, 5.74) is 6.68. The molecule has 0 saturated heterocycles. The van der Waals surface area contributed by atoms with Crippen molar-refractivity contribution in [3.05, 3.63) is 16.1 Å². The fourth-order valence-electron chi connectivity index (χ4n) is 2.16. The molecule has 1 heterocycles. The van der Waals surface area contributed by atoms with E-state index in [1.54, 1.807) is 18.4 Å². The van der Waals surface area contributed by atoms with Gasteiger partial charge in [0, 0.05) is 18.5 Å². The van der Waals surface area contributed by atoms with E-state index in [1.807, 2.05) is 6.92 Å². The maximum absolute atomic E-state index is 5.81. The van der Waals surface area contributed by atoms with Crippen molar-refractivity contribution in [3.8, 4) is 0 Å². The molecule has 1 aliphatic carbocycles. The van der Waals surface area contributed by atoms with Crippen molar-refractivity contribution in [1.29, 1.82) is 0 Å². The number of rotatable bonds is 3. The maximum Gasteiger partial charge on any atom is 0.125 e. The van der Waals surface area contributed by atoms with Crippen molar-refractivity contribution in [2.24, 2.45) is 5.73 Å². The van der Waals surface area contributed by atoms with E-state index in [4.69, 9.17) is 10.5 Å². The van der Waals surface area contributed by atoms with Crippen LogP contribution in [0.4, 0.5) is 0 Å². The second-order valence-corrected chi connectivity index (χ2v) is 5.13. The van der Waals surface area contributed by atoms with Gasteiger partial charge in [0.2, 0.25) is 0 Å². The Hall–Kier alpha value is -0.450. The SMILES string of the molecule is COC1(c2nc(C(C)N)cs2)CCCC1. The van der Waals surface area contributed by atoms with E-state index in [-0.39, 0.29) is 11.6 Å². The number of nitrogens with two attached hydrogens (primary N) is 1. The zero-order valence-electron chi connectivity index (χ0n) is 9.32. The van der Waals surface area contributed by atoms with Crippen LogP contribution in [0.2, 0.25) is 0 Å². The Morgan fingerprint density at radius 2 is 2.20 bits per heavy atom. The molecule has 0 bridgehead atoms. The molecule has 1 aliphatic rings. The van der Waals surface area contributed by atoms with Crippen molar-refractivity contribution < 1.29 is 4.74 Å². The van der Waals surface area contributed by atoms with E-state index >= 15 is 0 Å². The Balaban J connectivity index is 2.27. The average Bonchev–Trinajstić information content (AvgIpc) is 2.87. The van der Waals surface area contributed by atoms with Crippen molar-refractivity contribution >= 4 is 11.3 Å². The summed E-state index contributed by atoms with van der Waals surface area (Å²) in [7, 11) is 1.79. The summed E-state index contributed by atoms with van der Waals surface area (Å²) in [5, 5.41) is 3.16. The van der Waals surface area contributed by atoms with Crippen LogP contribution in [-0.2, 0) is 10.3 Å². The third kappa shape index (κ3) is 1.94.